The SMILES string of the molecule is CCCCc1ncc(/C=C(\Cc2cccs2)C(=O)OCCSCCO[N+](=O)[O-])n1Cc1ccc(C(=O)OCCSCCO[N+](=O)[O-])cc1. The first-order valence-corrected chi connectivity index (χ1v) is 18.4. The Balaban J connectivity index is 1.68. The van der Waals surface area contributed by atoms with Gasteiger partial charge in [0, 0.05) is 52.8 Å². The monoisotopic (exact) mass is 722 g/mol. The summed E-state index contributed by atoms with van der Waals surface area (Å²) in [7, 11) is 0. The van der Waals surface area contributed by atoms with E-state index in [1.54, 1.807) is 29.7 Å². The van der Waals surface area contributed by atoms with Gasteiger partial charge in [-0.2, -0.15) is 23.5 Å². The third-order valence-corrected chi connectivity index (χ3v) is 9.25. The minimum atomic E-state index is -0.838. The molecule has 0 spiro atoms. The minimum absolute atomic E-state index is 0.0196. The Morgan fingerprint density at radius 3 is 2.19 bits per heavy atom. The summed E-state index contributed by atoms with van der Waals surface area (Å²) in [6.45, 7) is 2.85. The lowest BCUT2D eigenvalue weighted by Gasteiger charge is -2.13. The maximum atomic E-state index is 13.3. The molecule has 3 aromatic rings. The summed E-state index contributed by atoms with van der Waals surface area (Å²) >= 11 is 4.33. The summed E-state index contributed by atoms with van der Waals surface area (Å²) < 4.78 is 13.0. The summed E-state index contributed by atoms with van der Waals surface area (Å²) in [6.07, 6.45) is 6.65. The molecule has 0 bridgehead atoms. The zero-order valence-corrected chi connectivity index (χ0v) is 28.9. The van der Waals surface area contributed by atoms with Crippen molar-refractivity contribution in [1.29, 1.82) is 0 Å². The number of thioether (sulfide) groups is 2. The fourth-order valence-corrected chi connectivity index (χ4v) is 6.18. The Labute approximate surface area is 290 Å². The predicted octanol–water partition coefficient (Wildman–Crippen LogP) is 5.54. The quantitative estimate of drug-likeness (QED) is 0.0371. The van der Waals surface area contributed by atoms with Crippen molar-refractivity contribution in [3.63, 3.8) is 0 Å². The topological polar surface area (TPSA) is 175 Å². The van der Waals surface area contributed by atoms with E-state index in [9.17, 15) is 29.8 Å². The van der Waals surface area contributed by atoms with E-state index in [0.29, 0.717) is 47.1 Å². The van der Waals surface area contributed by atoms with Gasteiger partial charge in [0.1, 0.15) is 32.3 Å². The van der Waals surface area contributed by atoms with Crippen LogP contribution in [0.2, 0.25) is 0 Å². The van der Waals surface area contributed by atoms with Crippen molar-refractivity contribution in [2.75, 3.05) is 49.4 Å². The van der Waals surface area contributed by atoms with Crippen LogP contribution in [0.5, 0.6) is 0 Å². The molecule has 0 radical (unpaired) electrons. The summed E-state index contributed by atoms with van der Waals surface area (Å²) in [5, 5.41) is 20.7. The molecule has 0 aliphatic rings. The maximum Gasteiger partial charge on any atom is 0.338 e. The van der Waals surface area contributed by atoms with Crippen LogP contribution in [0.4, 0.5) is 0 Å². The summed E-state index contributed by atoms with van der Waals surface area (Å²) in [5.41, 5.74) is 2.56. The first-order chi connectivity index (χ1) is 23.3. The van der Waals surface area contributed by atoms with Gasteiger partial charge < -0.3 is 23.7 Å². The molecule has 0 unspecified atom stereocenters. The number of carbonyl (C=O) groups excluding carboxylic acids is 2. The van der Waals surface area contributed by atoms with Crippen LogP contribution in [0.3, 0.4) is 0 Å². The summed E-state index contributed by atoms with van der Waals surface area (Å²) in [6, 6.07) is 11.0. The molecular weight excluding hydrogens is 685 g/mol. The first-order valence-electron chi connectivity index (χ1n) is 15.2. The highest BCUT2D eigenvalue weighted by Crippen LogP contribution is 2.21. The fraction of sp³-hybridized carbons (Fsp3) is 0.452. The molecule has 17 heteroatoms. The van der Waals surface area contributed by atoms with E-state index in [1.807, 2.05) is 35.7 Å². The second-order valence-electron chi connectivity index (χ2n) is 10.0. The molecule has 3 rings (SSSR count). The van der Waals surface area contributed by atoms with Gasteiger partial charge in [0.05, 0.1) is 17.5 Å². The fourth-order valence-electron chi connectivity index (χ4n) is 4.26. The average molecular weight is 723 g/mol. The van der Waals surface area contributed by atoms with Gasteiger partial charge in [-0.15, -0.1) is 31.6 Å². The Bertz CT molecular complexity index is 1480. The van der Waals surface area contributed by atoms with Gasteiger partial charge in [-0.1, -0.05) is 31.5 Å². The van der Waals surface area contributed by atoms with Gasteiger partial charge in [-0.3, -0.25) is 0 Å². The van der Waals surface area contributed by atoms with E-state index in [1.165, 1.54) is 23.5 Å². The number of nitrogens with zero attached hydrogens (tertiary/aromatic N) is 4. The number of aryl methyl sites for hydroxylation is 1. The van der Waals surface area contributed by atoms with Crippen LogP contribution in [0, 0.1) is 20.2 Å². The zero-order valence-electron chi connectivity index (χ0n) is 26.5. The third kappa shape index (κ3) is 14.4. The normalized spacial score (nSPS) is 11.2. The highest BCUT2D eigenvalue weighted by atomic mass is 32.2. The molecule has 0 N–H and O–H groups in total. The molecule has 2 aromatic heterocycles. The van der Waals surface area contributed by atoms with E-state index < -0.39 is 22.1 Å². The van der Waals surface area contributed by atoms with Gasteiger partial charge in [0.25, 0.3) is 10.2 Å². The van der Waals surface area contributed by atoms with Crippen molar-refractivity contribution in [3.05, 3.63) is 101 Å². The number of hydrogen-bond acceptors (Lipinski definition) is 14. The average Bonchev–Trinajstić information content (AvgIpc) is 3.72. The first kappa shape index (κ1) is 38.4. The Morgan fingerprint density at radius 2 is 1.58 bits per heavy atom. The van der Waals surface area contributed by atoms with E-state index in [4.69, 9.17) is 9.47 Å². The van der Waals surface area contributed by atoms with Crippen LogP contribution in [0.1, 0.15) is 52.1 Å². The predicted molar refractivity (Wildman–Crippen MR) is 184 cm³/mol. The van der Waals surface area contributed by atoms with Crippen LogP contribution in [-0.2, 0) is 43.3 Å². The van der Waals surface area contributed by atoms with Gasteiger partial charge >= 0.3 is 11.9 Å². The van der Waals surface area contributed by atoms with Crippen LogP contribution < -0.4 is 0 Å². The number of hydrogen-bond donors (Lipinski definition) is 0. The molecule has 2 heterocycles. The highest BCUT2D eigenvalue weighted by Gasteiger charge is 2.17. The molecule has 0 atom stereocenters. The van der Waals surface area contributed by atoms with Crippen molar-refractivity contribution in [2.45, 2.75) is 39.2 Å². The van der Waals surface area contributed by atoms with E-state index >= 15 is 0 Å². The van der Waals surface area contributed by atoms with Gasteiger partial charge in [0.15, 0.2) is 0 Å². The largest absolute Gasteiger partial charge is 0.461 e. The number of benzene rings is 1. The molecule has 260 valence electrons. The molecule has 14 nitrogen and oxygen atoms in total. The lowest BCUT2D eigenvalue weighted by molar-refractivity contribution is -0.756. The number of rotatable bonds is 24. The highest BCUT2D eigenvalue weighted by molar-refractivity contribution is 7.99. The smallest absolute Gasteiger partial charge is 0.338 e. The second kappa shape index (κ2) is 21.7. The van der Waals surface area contributed by atoms with E-state index in [0.717, 1.165) is 41.2 Å². The zero-order chi connectivity index (χ0) is 34.6. The summed E-state index contributed by atoms with van der Waals surface area (Å²) in [5.74, 6) is 1.76. The lowest BCUT2D eigenvalue weighted by Crippen LogP contribution is -2.14. The van der Waals surface area contributed by atoms with Crippen LogP contribution in [0.25, 0.3) is 6.08 Å². The molecule has 0 aliphatic heterocycles. The van der Waals surface area contributed by atoms with Gasteiger partial charge in [0.2, 0.25) is 0 Å². The Morgan fingerprint density at radius 1 is 0.938 bits per heavy atom. The minimum Gasteiger partial charge on any atom is -0.461 e. The Hall–Kier alpha value is -4.09. The van der Waals surface area contributed by atoms with E-state index in [-0.39, 0.29) is 26.4 Å². The van der Waals surface area contributed by atoms with Gasteiger partial charge in [-0.25, -0.2) is 14.6 Å². The van der Waals surface area contributed by atoms with Crippen LogP contribution >= 0.6 is 34.9 Å². The number of carbonyl (C=O) groups is 2. The standard InChI is InChI=1S/C31H38N4O10S3/c1-2-3-6-29-32-22-27(20-26(21-28-5-4-15-48-28)31(37)43-12-17-47-19-14-45-35(40)41)33(29)23-24-7-9-25(10-8-24)30(36)42-11-16-46-18-13-44-34(38)39/h4-5,7-10,15,20,22H,2-3,6,11-14,16-19,21,23H2,1H3/b26-20+. The molecular formula is C31H38N4O10S3. The molecule has 0 fully saturated rings. The molecule has 0 saturated carbocycles. The van der Waals surface area contributed by atoms with E-state index in [2.05, 4.69) is 26.1 Å². The molecule has 1 aromatic carbocycles. The number of thiophene rings is 1. The number of aromatic nitrogens is 2. The number of unbranched alkanes of at least 4 members (excludes halogenated alkanes) is 1. The Kier molecular flexibility index (Phi) is 17.4. The van der Waals surface area contributed by atoms with Crippen molar-refractivity contribution in [2.24, 2.45) is 0 Å². The van der Waals surface area contributed by atoms with Crippen LogP contribution in [0.15, 0.2) is 53.5 Å². The second-order valence-corrected chi connectivity index (χ2v) is 13.5. The maximum absolute atomic E-state index is 13.3. The molecule has 0 saturated heterocycles. The van der Waals surface area contributed by atoms with Crippen molar-refractivity contribution in [3.8, 4) is 0 Å². The number of imidazole rings is 1. The number of esters is 2. The van der Waals surface area contributed by atoms with Crippen LogP contribution in [-0.4, -0.2) is 81.1 Å². The van der Waals surface area contributed by atoms with Crippen molar-refractivity contribution < 1.29 is 38.9 Å². The van der Waals surface area contributed by atoms with Crippen molar-refractivity contribution >= 4 is 52.9 Å². The van der Waals surface area contributed by atoms with Gasteiger partial charge in [-0.05, 0) is 41.6 Å². The molecule has 48 heavy (non-hydrogen) atoms. The molecule has 0 amide bonds. The van der Waals surface area contributed by atoms with Crippen molar-refractivity contribution in [1.82, 2.24) is 9.55 Å². The summed E-state index contributed by atoms with van der Waals surface area (Å²) in [4.78, 5) is 60.5. The number of ether oxygens (including phenoxy) is 2. The third-order valence-electron chi connectivity index (χ3n) is 6.55. The molecule has 0 aliphatic carbocycles. The lowest BCUT2D eigenvalue weighted by atomic mass is 10.1.